The predicted molar refractivity (Wildman–Crippen MR) is 52.8 cm³/mol. The highest BCUT2D eigenvalue weighted by molar-refractivity contribution is 5.77. The van der Waals surface area contributed by atoms with Gasteiger partial charge >= 0.3 is 0 Å². The molecule has 0 aliphatic heterocycles. The Labute approximate surface area is 85.8 Å². The van der Waals surface area contributed by atoms with Crippen LogP contribution in [0.3, 0.4) is 0 Å². The van der Waals surface area contributed by atoms with Crippen molar-refractivity contribution in [2.75, 3.05) is 0 Å². The third-order valence-electron chi connectivity index (χ3n) is 2.25. The van der Waals surface area contributed by atoms with Crippen LogP contribution in [0.1, 0.15) is 18.8 Å². The highest BCUT2D eigenvalue weighted by Crippen LogP contribution is 2.26. The zero-order chi connectivity index (χ0) is 11.0. The standard InChI is InChI=1S/C11H11FO3/c1-6(13)11(14)10-5-7-4-8(12)2-3-9(7)15-10/h2-6,11,13-14H,1H3. The monoisotopic (exact) mass is 210 g/mol. The second-order valence-electron chi connectivity index (χ2n) is 3.52. The van der Waals surface area contributed by atoms with Crippen LogP contribution in [0.5, 0.6) is 0 Å². The van der Waals surface area contributed by atoms with E-state index in [4.69, 9.17) is 9.52 Å². The Bertz CT molecular complexity index is 476. The largest absolute Gasteiger partial charge is 0.458 e. The minimum absolute atomic E-state index is 0.241. The van der Waals surface area contributed by atoms with Crippen LogP contribution in [-0.4, -0.2) is 16.3 Å². The Morgan fingerprint density at radius 2 is 2.00 bits per heavy atom. The molecular formula is C11H11FO3. The van der Waals surface area contributed by atoms with E-state index in [0.29, 0.717) is 11.0 Å². The lowest BCUT2D eigenvalue weighted by Crippen LogP contribution is -2.12. The molecule has 1 aromatic heterocycles. The van der Waals surface area contributed by atoms with Crippen molar-refractivity contribution in [1.29, 1.82) is 0 Å². The van der Waals surface area contributed by atoms with Gasteiger partial charge in [-0.2, -0.15) is 0 Å². The van der Waals surface area contributed by atoms with Crippen molar-refractivity contribution in [3.05, 3.63) is 35.8 Å². The molecule has 80 valence electrons. The van der Waals surface area contributed by atoms with Crippen molar-refractivity contribution in [2.45, 2.75) is 19.1 Å². The minimum Gasteiger partial charge on any atom is -0.458 e. The smallest absolute Gasteiger partial charge is 0.137 e. The Morgan fingerprint density at radius 1 is 1.27 bits per heavy atom. The van der Waals surface area contributed by atoms with Gasteiger partial charge in [-0.05, 0) is 31.2 Å². The first-order chi connectivity index (χ1) is 7.08. The number of fused-ring (bicyclic) bond motifs is 1. The molecule has 2 N–H and O–H groups in total. The van der Waals surface area contributed by atoms with Gasteiger partial charge in [-0.3, -0.25) is 0 Å². The summed E-state index contributed by atoms with van der Waals surface area (Å²) in [6, 6.07) is 5.61. The molecule has 0 aliphatic carbocycles. The van der Waals surface area contributed by atoms with Gasteiger partial charge in [-0.25, -0.2) is 4.39 Å². The zero-order valence-electron chi connectivity index (χ0n) is 8.14. The van der Waals surface area contributed by atoms with E-state index in [2.05, 4.69) is 0 Å². The highest BCUT2D eigenvalue weighted by Gasteiger charge is 2.18. The molecule has 0 bridgehead atoms. The fraction of sp³-hybridized carbons (Fsp3) is 0.273. The lowest BCUT2D eigenvalue weighted by molar-refractivity contribution is 0.0178. The van der Waals surface area contributed by atoms with E-state index in [1.165, 1.54) is 31.2 Å². The Kier molecular flexibility index (Phi) is 2.46. The minimum atomic E-state index is -1.08. The van der Waals surface area contributed by atoms with E-state index in [1.807, 2.05) is 0 Å². The van der Waals surface area contributed by atoms with Crippen LogP contribution in [0.15, 0.2) is 28.7 Å². The van der Waals surface area contributed by atoms with Crippen LogP contribution in [0.25, 0.3) is 11.0 Å². The molecular weight excluding hydrogens is 199 g/mol. The summed E-state index contributed by atoms with van der Waals surface area (Å²) in [4.78, 5) is 0. The summed E-state index contributed by atoms with van der Waals surface area (Å²) in [5.74, 6) is -0.119. The van der Waals surface area contributed by atoms with E-state index >= 15 is 0 Å². The fourth-order valence-electron chi connectivity index (χ4n) is 1.42. The molecule has 2 aromatic rings. The Balaban J connectivity index is 2.47. The van der Waals surface area contributed by atoms with Gasteiger partial charge in [-0.15, -0.1) is 0 Å². The molecule has 0 saturated carbocycles. The Morgan fingerprint density at radius 3 is 2.67 bits per heavy atom. The van der Waals surface area contributed by atoms with Crippen molar-refractivity contribution in [3.63, 3.8) is 0 Å². The van der Waals surface area contributed by atoms with Crippen LogP contribution >= 0.6 is 0 Å². The Hall–Kier alpha value is -1.39. The number of halogens is 1. The number of aliphatic hydroxyl groups is 2. The van der Waals surface area contributed by atoms with Crippen molar-refractivity contribution < 1.29 is 19.0 Å². The van der Waals surface area contributed by atoms with Gasteiger partial charge in [0, 0.05) is 5.39 Å². The van der Waals surface area contributed by atoms with Gasteiger partial charge in [0.2, 0.25) is 0 Å². The lowest BCUT2D eigenvalue weighted by Gasteiger charge is -2.09. The predicted octanol–water partition coefficient (Wildman–Crippen LogP) is 1.99. The summed E-state index contributed by atoms with van der Waals surface area (Å²) in [7, 11) is 0. The van der Waals surface area contributed by atoms with Gasteiger partial charge in [0.15, 0.2) is 0 Å². The normalized spacial score (nSPS) is 15.5. The molecule has 0 radical (unpaired) electrons. The number of furan rings is 1. The van der Waals surface area contributed by atoms with Crippen LogP contribution < -0.4 is 0 Å². The first-order valence-electron chi connectivity index (χ1n) is 4.63. The number of aliphatic hydroxyl groups excluding tert-OH is 2. The molecule has 0 amide bonds. The second kappa shape index (κ2) is 3.64. The average molecular weight is 210 g/mol. The van der Waals surface area contributed by atoms with Gasteiger partial charge in [0.1, 0.15) is 23.3 Å². The molecule has 0 spiro atoms. The van der Waals surface area contributed by atoms with Gasteiger partial charge in [0.05, 0.1) is 6.10 Å². The van der Waals surface area contributed by atoms with Crippen molar-refractivity contribution in [3.8, 4) is 0 Å². The van der Waals surface area contributed by atoms with Crippen molar-refractivity contribution in [1.82, 2.24) is 0 Å². The van der Waals surface area contributed by atoms with Crippen LogP contribution in [-0.2, 0) is 0 Å². The number of hydrogen-bond acceptors (Lipinski definition) is 3. The summed E-state index contributed by atoms with van der Waals surface area (Å²) in [6.45, 7) is 1.46. The maximum atomic E-state index is 12.9. The zero-order valence-corrected chi connectivity index (χ0v) is 8.14. The molecule has 2 atom stereocenters. The van der Waals surface area contributed by atoms with E-state index in [9.17, 15) is 9.50 Å². The van der Waals surface area contributed by atoms with E-state index in [-0.39, 0.29) is 11.6 Å². The fourth-order valence-corrected chi connectivity index (χ4v) is 1.42. The molecule has 1 heterocycles. The second-order valence-corrected chi connectivity index (χ2v) is 3.52. The quantitative estimate of drug-likeness (QED) is 0.796. The molecule has 15 heavy (non-hydrogen) atoms. The molecule has 0 saturated heterocycles. The van der Waals surface area contributed by atoms with E-state index in [1.54, 1.807) is 0 Å². The first-order valence-corrected chi connectivity index (χ1v) is 4.63. The van der Waals surface area contributed by atoms with Crippen LogP contribution in [0.2, 0.25) is 0 Å². The third kappa shape index (κ3) is 1.86. The van der Waals surface area contributed by atoms with E-state index in [0.717, 1.165) is 0 Å². The third-order valence-corrected chi connectivity index (χ3v) is 2.25. The molecule has 2 unspecified atom stereocenters. The summed E-state index contributed by atoms with van der Waals surface area (Å²) in [5.41, 5.74) is 0.492. The van der Waals surface area contributed by atoms with Crippen LogP contribution in [0, 0.1) is 5.82 Å². The SMILES string of the molecule is CC(O)C(O)c1cc2cc(F)ccc2o1. The van der Waals surface area contributed by atoms with E-state index < -0.39 is 12.2 Å². The maximum Gasteiger partial charge on any atom is 0.137 e. The van der Waals surface area contributed by atoms with Crippen molar-refractivity contribution in [2.24, 2.45) is 0 Å². The van der Waals surface area contributed by atoms with Crippen LogP contribution in [0.4, 0.5) is 4.39 Å². The number of hydrogen-bond donors (Lipinski definition) is 2. The summed E-state index contributed by atoms with van der Waals surface area (Å²) in [5, 5.41) is 19.3. The molecule has 4 heteroatoms. The molecule has 0 fully saturated rings. The van der Waals surface area contributed by atoms with Crippen molar-refractivity contribution >= 4 is 11.0 Å². The highest BCUT2D eigenvalue weighted by atomic mass is 19.1. The lowest BCUT2D eigenvalue weighted by atomic mass is 10.1. The van der Waals surface area contributed by atoms with Gasteiger partial charge in [0.25, 0.3) is 0 Å². The molecule has 1 aromatic carbocycles. The summed E-state index contributed by atoms with van der Waals surface area (Å²) < 4.78 is 18.1. The maximum absolute atomic E-state index is 12.9. The molecule has 0 aliphatic rings. The molecule has 3 nitrogen and oxygen atoms in total. The number of rotatable bonds is 2. The summed E-state index contributed by atoms with van der Waals surface area (Å²) >= 11 is 0. The molecule has 2 rings (SSSR count). The average Bonchev–Trinajstić information content (AvgIpc) is 2.58. The first kappa shape index (κ1) is 10.1. The number of benzene rings is 1. The van der Waals surface area contributed by atoms with Gasteiger partial charge in [-0.1, -0.05) is 0 Å². The van der Waals surface area contributed by atoms with Gasteiger partial charge < -0.3 is 14.6 Å². The summed E-state index contributed by atoms with van der Waals surface area (Å²) in [6.07, 6.45) is -2.00. The topological polar surface area (TPSA) is 53.6 Å².